The van der Waals surface area contributed by atoms with Gasteiger partial charge in [-0.2, -0.15) is 4.39 Å². The Morgan fingerprint density at radius 2 is 1.75 bits per heavy atom. The summed E-state index contributed by atoms with van der Waals surface area (Å²) < 4.78 is 45.3. The second kappa shape index (κ2) is 5.36. The summed E-state index contributed by atoms with van der Waals surface area (Å²) in [4.78, 5) is 11.5. The zero-order chi connectivity index (χ0) is 14.9. The van der Waals surface area contributed by atoms with Crippen LogP contribution < -0.4 is 4.74 Å². The van der Waals surface area contributed by atoms with Crippen molar-refractivity contribution in [2.45, 2.75) is 13.8 Å². The summed E-state index contributed by atoms with van der Waals surface area (Å²) in [6, 6.07) is 5.74. The van der Waals surface area contributed by atoms with E-state index < -0.39 is 23.2 Å². The van der Waals surface area contributed by atoms with Crippen molar-refractivity contribution in [1.82, 2.24) is 0 Å². The minimum absolute atomic E-state index is 0.0131. The van der Waals surface area contributed by atoms with Crippen molar-refractivity contribution in [3.05, 3.63) is 58.9 Å². The van der Waals surface area contributed by atoms with Gasteiger partial charge in [0.1, 0.15) is 11.6 Å². The van der Waals surface area contributed by atoms with E-state index >= 15 is 0 Å². The van der Waals surface area contributed by atoms with Gasteiger partial charge in [0.05, 0.1) is 5.56 Å². The van der Waals surface area contributed by atoms with Crippen LogP contribution in [0.4, 0.5) is 13.2 Å². The predicted molar refractivity (Wildman–Crippen MR) is 67.6 cm³/mol. The summed E-state index contributed by atoms with van der Waals surface area (Å²) in [6.45, 7) is 2.72. The second-order valence-corrected chi connectivity index (χ2v) is 4.31. The highest BCUT2D eigenvalue weighted by Gasteiger charge is 2.16. The number of carbonyl (C=O) groups is 1. The lowest BCUT2D eigenvalue weighted by Crippen LogP contribution is -2.01. The second-order valence-electron chi connectivity index (χ2n) is 4.31. The van der Waals surface area contributed by atoms with Gasteiger partial charge in [-0.3, -0.25) is 4.79 Å². The van der Waals surface area contributed by atoms with Gasteiger partial charge >= 0.3 is 0 Å². The van der Waals surface area contributed by atoms with Gasteiger partial charge in [-0.05, 0) is 43.7 Å². The van der Waals surface area contributed by atoms with Gasteiger partial charge in [-0.1, -0.05) is 6.07 Å². The van der Waals surface area contributed by atoms with E-state index in [1.54, 1.807) is 0 Å². The first-order chi connectivity index (χ1) is 9.40. The molecule has 0 aromatic heterocycles. The molecule has 0 saturated heterocycles. The fourth-order valence-electron chi connectivity index (χ4n) is 1.70. The third-order valence-electron chi connectivity index (χ3n) is 2.78. The van der Waals surface area contributed by atoms with Crippen LogP contribution in [0.5, 0.6) is 11.5 Å². The maximum atomic E-state index is 13.5. The summed E-state index contributed by atoms with van der Waals surface area (Å²) in [5.41, 5.74) is 0.207. The normalized spacial score (nSPS) is 10.4. The Kier molecular flexibility index (Phi) is 3.79. The molecule has 20 heavy (non-hydrogen) atoms. The Balaban J connectivity index is 2.50. The molecule has 0 fully saturated rings. The average Bonchev–Trinajstić information content (AvgIpc) is 2.38. The SMILES string of the molecule is CC(=O)c1cc(F)c(C)cc1Oc1cccc(F)c1F. The monoisotopic (exact) mass is 280 g/mol. The summed E-state index contributed by atoms with van der Waals surface area (Å²) in [5, 5.41) is 0. The molecule has 0 heterocycles. The molecule has 2 aromatic rings. The van der Waals surface area contributed by atoms with Crippen LogP contribution in [0.3, 0.4) is 0 Å². The molecule has 104 valence electrons. The third kappa shape index (κ3) is 2.66. The van der Waals surface area contributed by atoms with Crippen molar-refractivity contribution < 1.29 is 22.7 Å². The first-order valence-electron chi connectivity index (χ1n) is 5.83. The van der Waals surface area contributed by atoms with Crippen LogP contribution in [0.25, 0.3) is 0 Å². The van der Waals surface area contributed by atoms with Crippen LogP contribution in [0, 0.1) is 24.4 Å². The lowest BCUT2D eigenvalue weighted by Gasteiger charge is -2.11. The van der Waals surface area contributed by atoms with Gasteiger partial charge in [0.25, 0.3) is 0 Å². The number of aryl methyl sites for hydroxylation is 1. The van der Waals surface area contributed by atoms with Crippen molar-refractivity contribution in [1.29, 1.82) is 0 Å². The van der Waals surface area contributed by atoms with E-state index in [1.807, 2.05) is 0 Å². The fraction of sp³-hybridized carbons (Fsp3) is 0.133. The minimum atomic E-state index is -1.16. The lowest BCUT2D eigenvalue weighted by molar-refractivity contribution is 0.101. The van der Waals surface area contributed by atoms with Crippen molar-refractivity contribution in [2.75, 3.05) is 0 Å². The molecule has 2 aromatic carbocycles. The number of Topliss-reactive ketones (excluding diaryl/α,β-unsaturated/α-hetero) is 1. The van der Waals surface area contributed by atoms with Crippen LogP contribution in [0.15, 0.2) is 30.3 Å². The van der Waals surface area contributed by atoms with E-state index in [2.05, 4.69) is 0 Å². The van der Waals surface area contributed by atoms with E-state index in [9.17, 15) is 18.0 Å². The molecule has 0 bridgehead atoms. The number of rotatable bonds is 3. The first-order valence-corrected chi connectivity index (χ1v) is 5.83. The number of hydrogen-bond acceptors (Lipinski definition) is 2. The first kappa shape index (κ1) is 14.1. The molecular weight excluding hydrogens is 269 g/mol. The topological polar surface area (TPSA) is 26.3 Å². The molecule has 0 unspecified atom stereocenters. The Morgan fingerprint density at radius 1 is 1.05 bits per heavy atom. The molecule has 5 heteroatoms. The highest BCUT2D eigenvalue weighted by molar-refractivity contribution is 5.97. The van der Waals surface area contributed by atoms with Gasteiger partial charge in [0.2, 0.25) is 5.82 Å². The Morgan fingerprint density at radius 3 is 2.40 bits per heavy atom. The van der Waals surface area contributed by atoms with Gasteiger partial charge in [-0.15, -0.1) is 0 Å². The molecule has 0 aliphatic rings. The lowest BCUT2D eigenvalue weighted by atomic mass is 10.1. The van der Waals surface area contributed by atoms with Crippen molar-refractivity contribution in [2.24, 2.45) is 0 Å². The van der Waals surface area contributed by atoms with Crippen LogP contribution in [-0.4, -0.2) is 5.78 Å². The van der Waals surface area contributed by atoms with E-state index in [4.69, 9.17) is 4.74 Å². The smallest absolute Gasteiger partial charge is 0.201 e. The van der Waals surface area contributed by atoms with Crippen molar-refractivity contribution in [3.63, 3.8) is 0 Å². The molecule has 0 spiro atoms. The van der Waals surface area contributed by atoms with E-state index in [1.165, 1.54) is 32.0 Å². The molecule has 0 atom stereocenters. The van der Waals surface area contributed by atoms with Crippen molar-refractivity contribution in [3.8, 4) is 11.5 Å². The summed E-state index contributed by atoms with van der Waals surface area (Å²) in [6.07, 6.45) is 0. The quantitative estimate of drug-likeness (QED) is 0.778. The molecule has 2 rings (SSSR count). The number of ketones is 1. The Hall–Kier alpha value is -2.30. The van der Waals surface area contributed by atoms with Crippen LogP contribution in [-0.2, 0) is 0 Å². The van der Waals surface area contributed by atoms with Crippen LogP contribution in [0.2, 0.25) is 0 Å². The van der Waals surface area contributed by atoms with Gasteiger partial charge in [0, 0.05) is 0 Å². The zero-order valence-electron chi connectivity index (χ0n) is 10.8. The Bertz CT molecular complexity index is 681. The standard InChI is InChI=1S/C15H11F3O2/c1-8-6-14(10(9(2)19)7-12(8)17)20-13-5-3-4-11(16)15(13)18/h3-7H,1-2H3. The maximum Gasteiger partial charge on any atom is 0.201 e. The largest absolute Gasteiger partial charge is 0.453 e. The highest BCUT2D eigenvalue weighted by Crippen LogP contribution is 2.30. The highest BCUT2D eigenvalue weighted by atomic mass is 19.2. The molecule has 0 saturated carbocycles. The summed E-state index contributed by atoms with van der Waals surface area (Å²) in [5.74, 6) is -3.60. The third-order valence-corrected chi connectivity index (χ3v) is 2.78. The van der Waals surface area contributed by atoms with Crippen molar-refractivity contribution >= 4 is 5.78 Å². The molecule has 0 amide bonds. The van der Waals surface area contributed by atoms with Crippen LogP contribution >= 0.6 is 0 Å². The number of carbonyl (C=O) groups excluding carboxylic acids is 1. The fourth-order valence-corrected chi connectivity index (χ4v) is 1.70. The summed E-state index contributed by atoms with van der Waals surface area (Å²) >= 11 is 0. The van der Waals surface area contributed by atoms with Gasteiger partial charge in [-0.25, -0.2) is 8.78 Å². The molecule has 0 radical (unpaired) electrons. The number of hydrogen-bond donors (Lipinski definition) is 0. The zero-order valence-corrected chi connectivity index (χ0v) is 10.8. The summed E-state index contributed by atoms with van der Waals surface area (Å²) in [7, 11) is 0. The Labute approximate surface area is 113 Å². The van der Waals surface area contributed by atoms with E-state index in [0.717, 1.165) is 12.1 Å². The molecule has 0 aliphatic heterocycles. The predicted octanol–water partition coefficient (Wildman–Crippen LogP) is 4.41. The molecular formula is C15H11F3O2. The van der Waals surface area contributed by atoms with Crippen LogP contribution in [0.1, 0.15) is 22.8 Å². The molecule has 2 nitrogen and oxygen atoms in total. The van der Waals surface area contributed by atoms with E-state index in [0.29, 0.717) is 0 Å². The number of ether oxygens (including phenoxy) is 1. The van der Waals surface area contributed by atoms with E-state index in [-0.39, 0.29) is 22.6 Å². The van der Waals surface area contributed by atoms with Gasteiger partial charge < -0.3 is 4.74 Å². The minimum Gasteiger partial charge on any atom is -0.453 e. The average molecular weight is 280 g/mol. The molecule has 0 aliphatic carbocycles. The molecule has 0 N–H and O–H groups in total. The number of halogens is 3. The number of benzene rings is 2. The maximum absolute atomic E-state index is 13.5. The van der Waals surface area contributed by atoms with Gasteiger partial charge in [0.15, 0.2) is 17.3 Å².